The zero-order chi connectivity index (χ0) is 19.0. The lowest BCUT2D eigenvalue weighted by Gasteiger charge is -2.17. The second kappa shape index (κ2) is 6.98. The maximum absolute atomic E-state index is 13.2. The van der Waals surface area contributed by atoms with Crippen molar-refractivity contribution in [2.24, 2.45) is 17.8 Å². The number of aromatic nitrogens is 1. The third-order valence-electron chi connectivity index (χ3n) is 5.38. The maximum atomic E-state index is 13.2. The SMILES string of the molecule is O=C(NCCNC(=O)[C@H]1C[C@H]2C=C[C@@H]1C2)c1cc2ccc(F)cc2[nH]c1=O. The van der Waals surface area contributed by atoms with Crippen LogP contribution in [-0.4, -0.2) is 29.9 Å². The highest BCUT2D eigenvalue weighted by Crippen LogP contribution is 2.43. The molecule has 1 aromatic heterocycles. The minimum atomic E-state index is -0.580. The number of hydrogen-bond donors (Lipinski definition) is 3. The van der Waals surface area contributed by atoms with Gasteiger partial charge in [-0.1, -0.05) is 12.2 Å². The van der Waals surface area contributed by atoms with Gasteiger partial charge < -0.3 is 15.6 Å². The molecule has 1 heterocycles. The van der Waals surface area contributed by atoms with Crippen LogP contribution < -0.4 is 16.2 Å². The Hall–Kier alpha value is -2.96. The van der Waals surface area contributed by atoms with Gasteiger partial charge in [0, 0.05) is 19.0 Å². The van der Waals surface area contributed by atoms with Gasteiger partial charge >= 0.3 is 0 Å². The van der Waals surface area contributed by atoms with E-state index in [4.69, 9.17) is 0 Å². The summed E-state index contributed by atoms with van der Waals surface area (Å²) in [6.45, 7) is 0.529. The standard InChI is InChI=1S/C20H20FN3O3/c21-14-4-3-13-9-16(20(27)24-17(13)10-14)19(26)23-6-5-22-18(25)15-8-11-1-2-12(15)7-11/h1-4,9-12,15H,5-8H2,(H,22,25)(H,23,26)(H,24,27)/t11-,12+,15-/m0/s1. The number of halogens is 1. The minimum absolute atomic E-state index is 0.0201. The van der Waals surface area contributed by atoms with E-state index in [0.717, 1.165) is 12.8 Å². The van der Waals surface area contributed by atoms with E-state index >= 15 is 0 Å². The molecule has 0 aliphatic heterocycles. The molecule has 0 saturated heterocycles. The Labute approximate surface area is 154 Å². The summed E-state index contributed by atoms with van der Waals surface area (Å²) in [5, 5.41) is 6.05. The summed E-state index contributed by atoms with van der Waals surface area (Å²) in [7, 11) is 0. The van der Waals surface area contributed by atoms with Gasteiger partial charge in [-0.25, -0.2) is 4.39 Å². The number of H-pyrrole nitrogens is 1. The van der Waals surface area contributed by atoms with Gasteiger partial charge in [0.1, 0.15) is 11.4 Å². The van der Waals surface area contributed by atoms with Gasteiger partial charge in [-0.15, -0.1) is 0 Å². The number of nitrogens with one attached hydrogen (secondary N) is 3. The molecule has 0 radical (unpaired) electrons. The van der Waals surface area contributed by atoms with Crippen LogP contribution in [0.25, 0.3) is 10.9 Å². The molecule has 1 aromatic carbocycles. The number of hydrogen-bond acceptors (Lipinski definition) is 3. The number of allylic oxidation sites excluding steroid dienone is 2. The van der Waals surface area contributed by atoms with E-state index in [1.807, 2.05) is 0 Å². The number of fused-ring (bicyclic) bond motifs is 3. The molecule has 1 saturated carbocycles. The topological polar surface area (TPSA) is 91.1 Å². The highest BCUT2D eigenvalue weighted by Gasteiger charge is 2.39. The van der Waals surface area contributed by atoms with Crippen LogP contribution in [0.15, 0.2) is 41.2 Å². The van der Waals surface area contributed by atoms with Gasteiger partial charge in [-0.2, -0.15) is 0 Å². The Bertz CT molecular complexity index is 998. The molecule has 0 unspecified atom stereocenters. The minimum Gasteiger partial charge on any atom is -0.354 e. The smallest absolute Gasteiger partial charge is 0.261 e. The molecular weight excluding hydrogens is 349 g/mol. The summed E-state index contributed by atoms with van der Waals surface area (Å²) in [4.78, 5) is 39.1. The van der Waals surface area contributed by atoms with Gasteiger partial charge in [0.15, 0.2) is 0 Å². The largest absolute Gasteiger partial charge is 0.354 e. The number of carbonyl (C=O) groups is 2. The number of amides is 2. The lowest BCUT2D eigenvalue weighted by molar-refractivity contribution is -0.125. The predicted molar refractivity (Wildman–Crippen MR) is 98.7 cm³/mol. The van der Waals surface area contributed by atoms with E-state index in [2.05, 4.69) is 27.8 Å². The first kappa shape index (κ1) is 17.5. The lowest BCUT2D eigenvalue weighted by atomic mass is 9.93. The summed E-state index contributed by atoms with van der Waals surface area (Å²) in [5.74, 6) is -0.0769. The fraction of sp³-hybridized carbons (Fsp3) is 0.350. The second-order valence-corrected chi connectivity index (χ2v) is 7.18. The first-order valence-electron chi connectivity index (χ1n) is 9.08. The van der Waals surface area contributed by atoms with Crippen LogP contribution in [0.1, 0.15) is 23.2 Å². The lowest BCUT2D eigenvalue weighted by Crippen LogP contribution is -2.39. The number of benzene rings is 1. The second-order valence-electron chi connectivity index (χ2n) is 7.18. The van der Waals surface area contributed by atoms with Gasteiger partial charge in [0.25, 0.3) is 11.5 Å². The predicted octanol–water partition coefficient (Wildman–Crippen LogP) is 1.73. The first-order chi connectivity index (χ1) is 13.0. The molecule has 2 aromatic rings. The number of aromatic amines is 1. The number of pyridine rings is 1. The van der Waals surface area contributed by atoms with Crippen molar-refractivity contribution in [2.75, 3.05) is 13.1 Å². The molecule has 2 aliphatic rings. The van der Waals surface area contributed by atoms with E-state index in [1.54, 1.807) is 0 Å². The van der Waals surface area contributed by atoms with E-state index in [9.17, 15) is 18.8 Å². The van der Waals surface area contributed by atoms with E-state index < -0.39 is 17.3 Å². The van der Waals surface area contributed by atoms with Crippen LogP contribution in [0.3, 0.4) is 0 Å². The van der Waals surface area contributed by atoms with Crippen LogP contribution in [0.5, 0.6) is 0 Å². The zero-order valence-corrected chi connectivity index (χ0v) is 14.6. The zero-order valence-electron chi connectivity index (χ0n) is 14.6. The van der Waals surface area contributed by atoms with Crippen molar-refractivity contribution in [1.82, 2.24) is 15.6 Å². The van der Waals surface area contributed by atoms with Gasteiger partial charge in [0.05, 0.1) is 5.52 Å². The molecule has 2 bridgehead atoms. The fourth-order valence-electron chi connectivity index (χ4n) is 4.01. The van der Waals surface area contributed by atoms with Crippen LogP contribution in [0.2, 0.25) is 0 Å². The molecule has 3 atom stereocenters. The third-order valence-corrected chi connectivity index (χ3v) is 5.38. The molecule has 1 fully saturated rings. The summed E-state index contributed by atoms with van der Waals surface area (Å²) in [5.41, 5.74) is -0.286. The molecule has 6 nitrogen and oxygen atoms in total. The maximum Gasteiger partial charge on any atom is 0.261 e. The molecule has 2 aliphatic carbocycles. The van der Waals surface area contributed by atoms with Crippen molar-refractivity contribution in [1.29, 1.82) is 0 Å². The van der Waals surface area contributed by atoms with E-state index in [1.165, 1.54) is 24.3 Å². The Kier molecular flexibility index (Phi) is 4.51. The van der Waals surface area contributed by atoms with Gasteiger partial charge in [-0.3, -0.25) is 14.4 Å². The van der Waals surface area contributed by atoms with E-state index in [-0.39, 0.29) is 23.9 Å². The Morgan fingerprint density at radius 3 is 2.67 bits per heavy atom. The normalized spacial score (nSPS) is 22.9. The van der Waals surface area contributed by atoms with Crippen LogP contribution in [0, 0.1) is 23.6 Å². The van der Waals surface area contributed by atoms with Crippen LogP contribution in [0.4, 0.5) is 4.39 Å². The number of carbonyl (C=O) groups excluding carboxylic acids is 2. The molecular formula is C20H20FN3O3. The Morgan fingerprint density at radius 2 is 1.93 bits per heavy atom. The van der Waals surface area contributed by atoms with Crippen molar-refractivity contribution >= 4 is 22.7 Å². The van der Waals surface area contributed by atoms with E-state index in [0.29, 0.717) is 29.3 Å². The van der Waals surface area contributed by atoms with Crippen molar-refractivity contribution in [3.63, 3.8) is 0 Å². The van der Waals surface area contributed by atoms with Crippen molar-refractivity contribution in [3.05, 3.63) is 58.2 Å². The molecule has 0 spiro atoms. The highest BCUT2D eigenvalue weighted by molar-refractivity contribution is 5.97. The first-order valence-corrected chi connectivity index (χ1v) is 9.08. The average Bonchev–Trinajstić information content (AvgIpc) is 3.27. The van der Waals surface area contributed by atoms with Crippen molar-refractivity contribution < 1.29 is 14.0 Å². The quantitative estimate of drug-likeness (QED) is 0.554. The molecule has 2 amide bonds. The van der Waals surface area contributed by atoms with Crippen LogP contribution >= 0.6 is 0 Å². The summed E-state index contributed by atoms with van der Waals surface area (Å²) in [6, 6.07) is 5.41. The monoisotopic (exact) mass is 369 g/mol. The molecule has 7 heteroatoms. The summed E-state index contributed by atoms with van der Waals surface area (Å²) < 4.78 is 13.2. The number of rotatable bonds is 5. The Morgan fingerprint density at radius 1 is 1.11 bits per heavy atom. The van der Waals surface area contributed by atoms with Gasteiger partial charge in [-0.05, 0) is 54.3 Å². The third kappa shape index (κ3) is 3.49. The van der Waals surface area contributed by atoms with Gasteiger partial charge in [0.2, 0.25) is 5.91 Å². The average molecular weight is 369 g/mol. The molecule has 27 heavy (non-hydrogen) atoms. The van der Waals surface area contributed by atoms with Crippen LogP contribution in [-0.2, 0) is 4.79 Å². The molecule has 3 N–H and O–H groups in total. The fourth-order valence-corrected chi connectivity index (χ4v) is 4.01. The summed E-state index contributed by atoms with van der Waals surface area (Å²) in [6.07, 6.45) is 6.26. The van der Waals surface area contributed by atoms with Crippen molar-refractivity contribution in [2.45, 2.75) is 12.8 Å². The summed E-state index contributed by atoms with van der Waals surface area (Å²) >= 11 is 0. The molecule has 4 rings (SSSR count). The highest BCUT2D eigenvalue weighted by atomic mass is 19.1. The Balaban J connectivity index is 1.32. The molecule has 140 valence electrons. The van der Waals surface area contributed by atoms with Crippen molar-refractivity contribution in [3.8, 4) is 0 Å².